The van der Waals surface area contributed by atoms with E-state index in [0.29, 0.717) is 17.9 Å². The zero-order valence-electron chi connectivity index (χ0n) is 13.9. The topological polar surface area (TPSA) is 82.4 Å². The van der Waals surface area contributed by atoms with E-state index >= 15 is 0 Å². The Morgan fingerprint density at radius 3 is 2.80 bits per heavy atom. The fourth-order valence-electron chi connectivity index (χ4n) is 2.96. The van der Waals surface area contributed by atoms with Gasteiger partial charge in [0, 0.05) is 19.3 Å². The van der Waals surface area contributed by atoms with Crippen molar-refractivity contribution in [1.29, 1.82) is 0 Å². The maximum Gasteiger partial charge on any atom is 0.323 e. The zero-order valence-corrected chi connectivity index (χ0v) is 13.9. The molecule has 0 radical (unpaired) electrons. The minimum atomic E-state index is -0.465. The van der Waals surface area contributed by atoms with Gasteiger partial charge in [0.15, 0.2) is 0 Å². The number of aliphatic hydroxyl groups is 1. The van der Waals surface area contributed by atoms with Gasteiger partial charge in [0.1, 0.15) is 5.82 Å². The molecule has 0 saturated carbocycles. The molecule has 1 aromatic carbocycles. The molecular formula is C17H22FN5O2. The highest BCUT2D eigenvalue weighted by molar-refractivity contribution is 6.01. The Bertz CT molecular complexity index is 728. The molecule has 0 atom stereocenters. The maximum absolute atomic E-state index is 13.7. The molecule has 1 fully saturated rings. The number of amides is 2. The molecule has 1 aliphatic rings. The number of hydrogen-bond donors (Lipinski definition) is 3. The van der Waals surface area contributed by atoms with Crippen LogP contribution in [0.25, 0.3) is 0 Å². The van der Waals surface area contributed by atoms with Gasteiger partial charge in [0.25, 0.3) is 0 Å². The largest absolute Gasteiger partial charge is 0.394 e. The van der Waals surface area contributed by atoms with Crippen LogP contribution in [0.1, 0.15) is 19.3 Å². The van der Waals surface area contributed by atoms with Crippen LogP contribution in [0.2, 0.25) is 0 Å². The van der Waals surface area contributed by atoms with Gasteiger partial charge >= 0.3 is 6.03 Å². The van der Waals surface area contributed by atoms with Crippen molar-refractivity contribution in [3.63, 3.8) is 0 Å². The molecule has 0 bridgehead atoms. The van der Waals surface area contributed by atoms with E-state index < -0.39 is 11.8 Å². The van der Waals surface area contributed by atoms with E-state index in [9.17, 15) is 9.18 Å². The van der Waals surface area contributed by atoms with E-state index in [1.807, 2.05) is 0 Å². The highest BCUT2D eigenvalue weighted by Crippen LogP contribution is 2.29. The molecule has 2 aromatic rings. The first kappa shape index (κ1) is 17.2. The predicted molar refractivity (Wildman–Crippen MR) is 94.4 cm³/mol. The van der Waals surface area contributed by atoms with Gasteiger partial charge in [0.05, 0.1) is 36.4 Å². The molecule has 0 unspecified atom stereocenters. The summed E-state index contributed by atoms with van der Waals surface area (Å²) in [6, 6.07) is 3.98. The summed E-state index contributed by atoms with van der Waals surface area (Å²) in [5, 5.41) is 18.3. The second-order valence-corrected chi connectivity index (χ2v) is 6.00. The average molecular weight is 347 g/mol. The minimum Gasteiger partial charge on any atom is -0.394 e. The Balaban J connectivity index is 1.70. The van der Waals surface area contributed by atoms with Crippen molar-refractivity contribution in [3.05, 3.63) is 36.4 Å². The fourth-order valence-corrected chi connectivity index (χ4v) is 2.96. The van der Waals surface area contributed by atoms with Crippen LogP contribution in [-0.2, 0) is 6.54 Å². The Kier molecular flexibility index (Phi) is 5.49. The van der Waals surface area contributed by atoms with Gasteiger partial charge in [-0.2, -0.15) is 5.10 Å². The second-order valence-electron chi connectivity index (χ2n) is 6.00. The van der Waals surface area contributed by atoms with E-state index in [0.717, 1.165) is 31.6 Å². The molecule has 1 aromatic heterocycles. The summed E-state index contributed by atoms with van der Waals surface area (Å²) in [6.07, 6.45) is 6.48. The lowest BCUT2D eigenvalue weighted by Gasteiger charge is -2.30. The lowest BCUT2D eigenvalue weighted by Crippen LogP contribution is -2.31. The normalized spacial score (nSPS) is 14.4. The molecule has 2 heterocycles. The zero-order chi connectivity index (χ0) is 17.6. The van der Waals surface area contributed by atoms with E-state index in [4.69, 9.17) is 5.11 Å². The molecule has 134 valence electrons. The maximum atomic E-state index is 13.7. The highest BCUT2D eigenvalue weighted by Gasteiger charge is 2.17. The number of urea groups is 1. The van der Waals surface area contributed by atoms with Gasteiger partial charge in [-0.3, -0.25) is 4.68 Å². The van der Waals surface area contributed by atoms with E-state index in [1.165, 1.54) is 29.4 Å². The smallest absolute Gasteiger partial charge is 0.323 e. The van der Waals surface area contributed by atoms with Gasteiger partial charge in [-0.15, -0.1) is 0 Å². The summed E-state index contributed by atoms with van der Waals surface area (Å²) in [7, 11) is 0. The van der Waals surface area contributed by atoms with E-state index in [-0.39, 0.29) is 6.61 Å². The number of hydrogen-bond acceptors (Lipinski definition) is 4. The molecule has 0 spiro atoms. The van der Waals surface area contributed by atoms with Crippen LogP contribution >= 0.6 is 0 Å². The molecular weight excluding hydrogens is 325 g/mol. The minimum absolute atomic E-state index is 0.0319. The number of aromatic nitrogens is 2. The van der Waals surface area contributed by atoms with Crippen LogP contribution in [-0.4, -0.2) is 40.6 Å². The monoisotopic (exact) mass is 347 g/mol. The van der Waals surface area contributed by atoms with Crippen molar-refractivity contribution >= 4 is 23.1 Å². The Hall–Kier alpha value is -2.61. The number of nitrogens with one attached hydrogen (secondary N) is 2. The first-order chi connectivity index (χ1) is 12.2. The number of benzene rings is 1. The fraction of sp³-hybridized carbons (Fsp3) is 0.412. The third-order valence-electron chi connectivity index (χ3n) is 4.12. The average Bonchev–Trinajstić information content (AvgIpc) is 3.03. The summed E-state index contributed by atoms with van der Waals surface area (Å²) in [5.74, 6) is -0.396. The molecule has 7 nitrogen and oxygen atoms in total. The van der Waals surface area contributed by atoms with Gasteiger partial charge in [-0.05, 0) is 37.5 Å². The third kappa shape index (κ3) is 4.48. The van der Waals surface area contributed by atoms with Crippen LogP contribution in [0.5, 0.6) is 0 Å². The molecule has 1 saturated heterocycles. The summed E-state index contributed by atoms with van der Waals surface area (Å²) in [4.78, 5) is 14.4. The quantitative estimate of drug-likeness (QED) is 0.777. The molecule has 2 amide bonds. The summed E-state index contributed by atoms with van der Waals surface area (Å²) in [5.41, 5.74) is 1.77. The number of piperidine rings is 1. The first-order valence-corrected chi connectivity index (χ1v) is 8.41. The Morgan fingerprint density at radius 1 is 1.24 bits per heavy atom. The number of halogens is 1. The van der Waals surface area contributed by atoms with Crippen LogP contribution in [0.15, 0.2) is 30.6 Å². The van der Waals surface area contributed by atoms with Crippen LogP contribution in [0, 0.1) is 5.82 Å². The van der Waals surface area contributed by atoms with Gasteiger partial charge in [-0.25, -0.2) is 9.18 Å². The molecule has 0 aliphatic carbocycles. The lowest BCUT2D eigenvalue weighted by atomic mass is 10.1. The summed E-state index contributed by atoms with van der Waals surface area (Å²) in [6.45, 7) is 2.12. The SMILES string of the molecule is O=C(Nc1cnn(CCO)c1)Nc1cc(F)ccc1N1CCCCC1. The van der Waals surface area contributed by atoms with Gasteiger partial charge in [0.2, 0.25) is 0 Å². The number of carbonyl (C=O) groups is 1. The van der Waals surface area contributed by atoms with Crippen molar-refractivity contribution in [2.45, 2.75) is 25.8 Å². The highest BCUT2D eigenvalue weighted by atomic mass is 19.1. The van der Waals surface area contributed by atoms with Gasteiger partial charge < -0.3 is 20.6 Å². The molecule has 1 aliphatic heterocycles. The van der Waals surface area contributed by atoms with E-state index in [1.54, 1.807) is 12.3 Å². The summed E-state index contributed by atoms with van der Waals surface area (Å²) >= 11 is 0. The number of nitrogens with zero attached hydrogens (tertiary/aromatic N) is 3. The van der Waals surface area contributed by atoms with Crippen LogP contribution in [0.3, 0.4) is 0 Å². The lowest BCUT2D eigenvalue weighted by molar-refractivity contribution is 0.262. The van der Waals surface area contributed by atoms with Crippen molar-refractivity contribution in [2.75, 3.05) is 35.2 Å². The second kappa shape index (κ2) is 7.98. The van der Waals surface area contributed by atoms with Gasteiger partial charge in [-0.1, -0.05) is 0 Å². The predicted octanol–water partition coefficient (Wildman–Crippen LogP) is 2.65. The molecule has 8 heteroatoms. The molecule has 25 heavy (non-hydrogen) atoms. The molecule has 3 N–H and O–H groups in total. The number of anilines is 3. The first-order valence-electron chi connectivity index (χ1n) is 8.41. The summed E-state index contributed by atoms with van der Waals surface area (Å²) < 4.78 is 15.2. The standard InChI is InChI=1S/C17H22FN5O2/c18-13-4-5-16(22-6-2-1-3-7-22)15(10-13)21-17(25)20-14-11-19-23(12-14)8-9-24/h4-5,10-12,24H,1-3,6-9H2,(H2,20,21,25). The third-order valence-corrected chi connectivity index (χ3v) is 4.12. The van der Waals surface area contributed by atoms with Crippen molar-refractivity contribution < 1.29 is 14.3 Å². The Morgan fingerprint density at radius 2 is 2.04 bits per heavy atom. The number of rotatable bonds is 5. The Labute approximate surface area is 145 Å². The van der Waals surface area contributed by atoms with Crippen molar-refractivity contribution in [3.8, 4) is 0 Å². The van der Waals surface area contributed by atoms with Crippen LogP contribution < -0.4 is 15.5 Å². The van der Waals surface area contributed by atoms with Crippen molar-refractivity contribution in [2.24, 2.45) is 0 Å². The van der Waals surface area contributed by atoms with Crippen molar-refractivity contribution in [1.82, 2.24) is 9.78 Å². The van der Waals surface area contributed by atoms with E-state index in [2.05, 4.69) is 20.6 Å². The molecule has 3 rings (SSSR count). The number of aliphatic hydroxyl groups excluding tert-OH is 1. The van der Waals surface area contributed by atoms with Crippen LogP contribution in [0.4, 0.5) is 26.2 Å². The number of carbonyl (C=O) groups excluding carboxylic acids is 1.